The SMILES string of the molecule is Cc1ccc(-c2ccc(=O)n(-c3cccc(F)c3)n2)cc1. The Kier molecular flexibility index (Phi) is 3.36. The Hall–Kier alpha value is -2.75. The van der Waals surface area contributed by atoms with E-state index >= 15 is 0 Å². The molecule has 3 nitrogen and oxygen atoms in total. The molecule has 0 saturated heterocycles. The third-order valence-corrected chi connectivity index (χ3v) is 3.20. The zero-order valence-electron chi connectivity index (χ0n) is 11.5. The van der Waals surface area contributed by atoms with Gasteiger partial charge in [-0.25, -0.2) is 4.39 Å². The summed E-state index contributed by atoms with van der Waals surface area (Å²) < 4.78 is 14.5. The Labute approximate surface area is 121 Å². The van der Waals surface area contributed by atoms with Gasteiger partial charge in [0.1, 0.15) is 5.82 Å². The highest BCUT2D eigenvalue weighted by Gasteiger charge is 2.06. The van der Waals surface area contributed by atoms with E-state index in [1.54, 1.807) is 18.2 Å². The fraction of sp³-hybridized carbons (Fsp3) is 0.0588. The van der Waals surface area contributed by atoms with Crippen molar-refractivity contribution in [1.82, 2.24) is 9.78 Å². The first-order chi connectivity index (χ1) is 10.1. The van der Waals surface area contributed by atoms with Crippen molar-refractivity contribution in [1.29, 1.82) is 0 Å². The van der Waals surface area contributed by atoms with Gasteiger partial charge in [-0.15, -0.1) is 0 Å². The van der Waals surface area contributed by atoms with E-state index in [2.05, 4.69) is 5.10 Å². The molecule has 0 bridgehead atoms. The fourth-order valence-corrected chi connectivity index (χ4v) is 2.08. The summed E-state index contributed by atoms with van der Waals surface area (Å²) >= 11 is 0. The van der Waals surface area contributed by atoms with Crippen LogP contribution in [0.3, 0.4) is 0 Å². The smallest absolute Gasteiger partial charge is 0.267 e. The van der Waals surface area contributed by atoms with Crippen LogP contribution in [-0.2, 0) is 0 Å². The minimum atomic E-state index is -0.401. The molecule has 21 heavy (non-hydrogen) atoms. The number of benzene rings is 2. The van der Waals surface area contributed by atoms with Crippen molar-refractivity contribution in [2.24, 2.45) is 0 Å². The summed E-state index contributed by atoms with van der Waals surface area (Å²) in [6, 6.07) is 16.8. The lowest BCUT2D eigenvalue weighted by molar-refractivity contribution is 0.624. The van der Waals surface area contributed by atoms with Crippen LogP contribution in [0.5, 0.6) is 0 Å². The van der Waals surface area contributed by atoms with Gasteiger partial charge in [0.05, 0.1) is 11.4 Å². The molecule has 0 aliphatic rings. The molecule has 0 N–H and O–H groups in total. The van der Waals surface area contributed by atoms with Gasteiger partial charge in [0.2, 0.25) is 0 Å². The summed E-state index contributed by atoms with van der Waals surface area (Å²) in [5, 5.41) is 4.32. The normalized spacial score (nSPS) is 10.6. The van der Waals surface area contributed by atoms with Crippen molar-refractivity contribution in [2.75, 3.05) is 0 Å². The Morgan fingerprint density at radius 2 is 1.76 bits per heavy atom. The van der Waals surface area contributed by atoms with Gasteiger partial charge in [-0.3, -0.25) is 4.79 Å². The molecule has 4 heteroatoms. The lowest BCUT2D eigenvalue weighted by Gasteiger charge is -2.07. The van der Waals surface area contributed by atoms with Crippen molar-refractivity contribution < 1.29 is 4.39 Å². The van der Waals surface area contributed by atoms with Gasteiger partial charge < -0.3 is 0 Å². The van der Waals surface area contributed by atoms with Gasteiger partial charge >= 0.3 is 0 Å². The molecule has 0 radical (unpaired) electrons. The molecule has 0 atom stereocenters. The van der Waals surface area contributed by atoms with Crippen LogP contribution in [0.15, 0.2) is 65.5 Å². The highest BCUT2D eigenvalue weighted by Crippen LogP contribution is 2.17. The second-order valence-electron chi connectivity index (χ2n) is 4.81. The third kappa shape index (κ3) is 2.74. The first-order valence-electron chi connectivity index (χ1n) is 6.57. The fourth-order valence-electron chi connectivity index (χ4n) is 2.08. The summed E-state index contributed by atoms with van der Waals surface area (Å²) in [7, 11) is 0. The van der Waals surface area contributed by atoms with Gasteiger partial charge in [-0.1, -0.05) is 35.9 Å². The van der Waals surface area contributed by atoms with E-state index in [4.69, 9.17) is 0 Å². The van der Waals surface area contributed by atoms with E-state index in [-0.39, 0.29) is 5.56 Å². The minimum Gasteiger partial charge on any atom is -0.267 e. The summed E-state index contributed by atoms with van der Waals surface area (Å²) in [5.74, 6) is -0.401. The lowest BCUT2D eigenvalue weighted by atomic mass is 10.1. The highest BCUT2D eigenvalue weighted by molar-refractivity contribution is 5.58. The van der Waals surface area contributed by atoms with E-state index in [1.165, 1.54) is 22.9 Å². The van der Waals surface area contributed by atoms with Gasteiger partial charge in [-0.2, -0.15) is 9.78 Å². The van der Waals surface area contributed by atoms with Crippen LogP contribution in [0.4, 0.5) is 4.39 Å². The average molecular weight is 280 g/mol. The van der Waals surface area contributed by atoms with Crippen LogP contribution >= 0.6 is 0 Å². The van der Waals surface area contributed by atoms with Crippen LogP contribution in [0.2, 0.25) is 0 Å². The molecule has 1 aromatic heterocycles. The predicted molar refractivity (Wildman–Crippen MR) is 80.0 cm³/mol. The number of hydrogen-bond donors (Lipinski definition) is 0. The van der Waals surface area contributed by atoms with Crippen LogP contribution < -0.4 is 5.56 Å². The number of halogens is 1. The van der Waals surface area contributed by atoms with Gasteiger partial charge in [-0.05, 0) is 31.2 Å². The Morgan fingerprint density at radius 1 is 1.00 bits per heavy atom. The average Bonchev–Trinajstić information content (AvgIpc) is 2.49. The zero-order valence-corrected chi connectivity index (χ0v) is 11.5. The van der Waals surface area contributed by atoms with Crippen LogP contribution in [0.25, 0.3) is 16.9 Å². The van der Waals surface area contributed by atoms with Gasteiger partial charge in [0.15, 0.2) is 0 Å². The maximum absolute atomic E-state index is 13.3. The molecule has 0 aliphatic carbocycles. The van der Waals surface area contributed by atoms with Crippen LogP contribution in [0, 0.1) is 12.7 Å². The molecule has 0 spiro atoms. The summed E-state index contributed by atoms with van der Waals surface area (Å²) in [6.07, 6.45) is 0. The zero-order chi connectivity index (χ0) is 14.8. The van der Waals surface area contributed by atoms with Crippen LogP contribution in [0.1, 0.15) is 5.56 Å². The number of aromatic nitrogens is 2. The largest absolute Gasteiger partial charge is 0.271 e. The quantitative estimate of drug-likeness (QED) is 0.721. The first kappa shape index (κ1) is 13.2. The van der Waals surface area contributed by atoms with Crippen molar-refractivity contribution >= 4 is 0 Å². The minimum absolute atomic E-state index is 0.295. The van der Waals surface area contributed by atoms with E-state index < -0.39 is 5.82 Å². The summed E-state index contributed by atoms with van der Waals surface area (Å²) in [5.41, 5.74) is 2.84. The van der Waals surface area contributed by atoms with Crippen molar-refractivity contribution in [3.63, 3.8) is 0 Å². The molecular formula is C17H13FN2O. The Balaban J connectivity index is 2.12. The Bertz CT molecular complexity index is 838. The lowest BCUT2D eigenvalue weighted by Crippen LogP contribution is -2.20. The maximum Gasteiger partial charge on any atom is 0.271 e. The first-order valence-corrected chi connectivity index (χ1v) is 6.57. The van der Waals surface area contributed by atoms with Crippen LogP contribution in [-0.4, -0.2) is 9.78 Å². The molecule has 0 fully saturated rings. The number of aryl methyl sites for hydroxylation is 1. The van der Waals surface area contributed by atoms with E-state index in [0.717, 1.165) is 11.1 Å². The molecule has 104 valence electrons. The summed E-state index contributed by atoms with van der Waals surface area (Å²) in [4.78, 5) is 11.9. The maximum atomic E-state index is 13.3. The van der Waals surface area contributed by atoms with E-state index in [1.807, 2.05) is 31.2 Å². The third-order valence-electron chi connectivity index (χ3n) is 3.20. The predicted octanol–water partition coefficient (Wildman–Crippen LogP) is 3.35. The Morgan fingerprint density at radius 3 is 2.48 bits per heavy atom. The number of rotatable bonds is 2. The molecule has 3 rings (SSSR count). The summed E-state index contributed by atoms with van der Waals surface area (Å²) in [6.45, 7) is 2.00. The molecule has 1 heterocycles. The molecule has 0 saturated carbocycles. The second kappa shape index (κ2) is 5.32. The number of hydrogen-bond acceptors (Lipinski definition) is 2. The topological polar surface area (TPSA) is 34.9 Å². The number of nitrogens with zero attached hydrogens (tertiary/aromatic N) is 2. The van der Waals surface area contributed by atoms with Gasteiger partial charge in [0, 0.05) is 11.6 Å². The standard InChI is InChI=1S/C17H13FN2O/c1-12-5-7-13(8-6-12)16-9-10-17(21)20(19-16)15-4-2-3-14(18)11-15/h2-11H,1H3. The second-order valence-corrected chi connectivity index (χ2v) is 4.81. The highest BCUT2D eigenvalue weighted by atomic mass is 19.1. The van der Waals surface area contributed by atoms with Crippen molar-refractivity contribution in [2.45, 2.75) is 6.92 Å². The molecular weight excluding hydrogens is 267 g/mol. The molecule has 3 aromatic rings. The molecule has 0 aliphatic heterocycles. The molecule has 0 unspecified atom stereocenters. The molecule has 0 amide bonds. The monoisotopic (exact) mass is 280 g/mol. The van der Waals surface area contributed by atoms with Crippen molar-refractivity contribution in [3.05, 3.63) is 82.4 Å². The van der Waals surface area contributed by atoms with Crippen molar-refractivity contribution in [3.8, 4) is 16.9 Å². The molecule has 2 aromatic carbocycles. The van der Waals surface area contributed by atoms with E-state index in [9.17, 15) is 9.18 Å². The van der Waals surface area contributed by atoms with Gasteiger partial charge in [0.25, 0.3) is 5.56 Å². The van der Waals surface area contributed by atoms with E-state index in [0.29, 0.717) is 11.4 Å².